The summed E-state index contributed by atoms with van der Waals surface area (Å²) in [6.07, 6.45) is 5.75. The third kappa shape index (κ3) is 3.64. The lowest BCUT2D eigenvalue weighted by Crippen LogP contribution is -2.17. The maximum Gasteiger partial charge on any atom is 0.0544 e. The van der Waals surface area contributed by atoms with E-state index < -0.39 is 0 Å². The Balaban J connectivity index is 1.93. The van der Waals surface area contributed by atoms with Gasteiger partial charge in [-0.05, 0) is 35.1 Å². The molecule has 0 saturated carbocycles. The van der Waals surface area contributed by atoms with Gasteiger partial charge in [-0.25, -0.2) is 0 Å². The average Bonchev–Trinajstić information content (AvgIpc) is 2.67. The van der Waals surface area contributed by atoms with E-state index in [1.807, 2.05) is 42.5 Å². The molecule has 0 spiro atoms. The minimum atomic E-state index is 0.835. The van der Waals surface area contributed by atoms with E-state index in [1.54, 1.807) is 0 Å². The standard InChI is InChI=1S/C12H15BrN4/c1-16(7-10-5-15-17(2)8-10)9-12-4-3-11(13)6-14-12/h3-6,8H,7,9H2,1-2H3. The number of hydrogen-bond acceptors (Lipinski definition) is 3. The predicted molar refractivity (Wildman–Crippen MR) is 70.3 cm³/mol. The first kappa shape index (κ1) is 12.3. The number of pyridine rings is 1. The van der Waals surface area contributed by atoms with Crippen molar-refractivity contribution < 1.29 is 0 Å². The molecular weight excluding hydrogens is 280 g/mol. The maximum absolute atomic E-state index is 4.36. The summed E-state index contributed by atoms with van der Waals surface area (Å²) in [6.45, 7) is 1.72. The molecule has 0 fully saturated rings. The highest BCUT2D eigenvalue weighted by molar-refractivity contribution is 9.10. The molecule has 2 aromatic heterocycles. The van der Waals surface area contributed by atoms with Crippen molar-refractivity contribution in [3.05, 3.63) is 46.5 Å². The van der Waals surface area contributed by atoms with Gasteiger partial charge in [-0.1, -0.05) is 0 Å². The SMILES string of the molecule is CN(Cc1cnn(C)c1)Cc1ccc(Br)cn1. The van der Waals surface area contributed by atoms with Crippen molar-refractivity contribution in [3.63, 3.8) is 0 Å². The molecule has 90 valence electrons. The second-order valence-electron chi connectivity index (χ2n) is 4.16. The van der Waals surface area contributed by atoms with Crippen LogP contribution in [-0.2, 0) is 20.1 Å². The summed E-state index contributed by atoms with van der Waals surface area (Å²) in [7, 11) is 4.01. The van der Waals surface area contributed by atoms with Gasteiger partial charge < -0.3 is 0 Å². The molecule has 0 bridgehead atoms. The van der Waals surface area contributed by atoms with E-state index >= 15 is 0 Å². The van der Waals surface area contributed by atoms with Gasteiger partial charge in [0.1, 0.15) is 0 Å². The van der Waals surface area contributed by atoms with Gasteiger partial charge in [0.2, 0.25) is 0 Å². The lowest BCUT2D eigenvalue weighted by Gasteiger charge is -2.14. The summed E-state index contributed by atoms with van der Waals surface area (Å²) < 4.78 is 2.83. The molecule has 2 heterocycles. The Morgan fingerprint density at radius 2 is 2.12 bits per heavy atom. The average molecular weight is 295 g/mol. The summed E-state index contributed by atoms with van der Waals surface area (Å²) in [4.78, 5) is 6.57. The number of nitrogens with zero attached hydrogens (tertiary/aromatic N) is 4. The number of rotatable bonds is 4. The highest BCUT2D eigenvalue weighted by Gasteiger charge is 2.04. The molecule has 0 aromatic carbocycles. The third-order valence-electron chi connectivity index (χ3n) is 2.43. The predicted octanol–water partition coefficient (Wildman–Crippen LogP) is 2.21. The highest BCUT2D eigenvalue weighted by Crippen LogP contribution is 2.10. The fourth-order valence-corrected chi connectivity index (χ4v) is 1.93. The van der Waals surface area contributed by atoms with Gasteiger partial charge in [-0.15, -0.1) is 0 Å². The molecule has 17 heavy (non-hydrogen) atoms. The zero-order chi connectivity index (χ0) is 12.3. The largest absolute Gasteiger partial charge is 0.296 e. The van der Waals surface area contributed by atoms with Gasteiger partial charge in [-0.2, -0.15) is 5.10 Å². The Bertz CT molecular complexity index is 478. The molecule has 0 atom stereocenters. The van der Waals surface area contributed by atoms with Gasteiger partial charge in [0.25, 0.3) is 0 Å². The zero-order valence-electron chi connectivity index (χ0n) is 9.97. The molecule has 0 unspecified atom stereocenters. The van der Waals surface area contributed by atoms with Crippen LogP contribution in [0.1, 0.15) is 11.3 Å². The normalized spacial score (nSPS) is 11.1. The van der Waals surface area contributed by atoms with Crippen molar-refractivity contribution in [2.24, 2.45) is 7.05 Å². The summed E-state index contributed by atoms with van der Waals surface area (Å²) in [5.41, 5.74) is 2.28. The van der Waals surface area contributed by atoms with E-state index in [4.69, 9.17) is 0 Å². The maximum atomic E-state index is 4.36. The molecule has 0 aliphatic carbocycles. The van der Waals surface area contributed by atoms with Crippen molar-refractivity contribution in [2.45, 2.75) is 13.1 Å². The summed E-state index contributed by atoms with van der Waals surface area (Å²) in [5.74, 6) is 0. The Morgan fingerprint density at radius 1 is 1.29 bits per heavy atom. The molecular formula is C12H15BrN4. The Labute approximate surface area is 109 Å². The van der Waals surface area contributed by atoms with Crippen LogP contribution in [0.5, 0.6) is 0 Å². The smallest absolute Gasteiger partial charge is 0.0544 e. The van der Waals surface area contributed by atoms with Crippen LogP contribution in [0.25, 0.3) is 0 Å². The van der Waals surface area contributed by atoms with Crippen molar-refractivity contribution in [1.82, 2.24) is 19.7 Å². The van der Waals surface area contributed by atoms with Crippen LogP contribution < -0.4 is 0 Å². The van der Waals surface area contributed by atoms with Crippen LogP contribution >= 0.6 is 15.9 Å². The van der Waals surface area contributed by atoms with E-state index in [1.165, 1.54) is 5.56 Å². The Morgan fingerprint density at radius 3 is 2.71 bits per heavy atom. The van der Waals surface area contributed by atoms with Crippen molar-refractivity contribution in [3.8, 4) is 0 Å². The minimum absolute atomic E-state index is 0.835. The second kappa shape index (κ2) is 5.42. The molecule has 2 rings (SSSR count). The van der Waals surface area contributed by atoms with E-state index in [0.29, 0.717) is 0 Å². The number of aromatic nitrogens is 3. The van der Waals surface area contributed by atoms with E-state index in [-0.39, 0.29) is 0 Å². The molecule has 5 heteroatoms. The first-order valence-corrected chi connectivity index (χ1v) is 6.19. The minimum Gasteiger partial charge on any atom is -0.296 e. The molecule has 2 aromatic rings. The molecule has 0 aliphatic rings. The van der Waals surface area contributed by atoms with E-state index in [9.17, 15) is 0 Å². The molecule has 0 aliphatic heterocycles. The van der Waals surface area contributed by atoms with Crippen LogP contribution in [0.3, 0.4) is 0 Å². The zero-order valence-corrected chi connectivity index (χ0v) is 11.6. The van der Waals surface area contributed by atoms with Crippen molar-refractivity contribution in [1.29, 1.82) is 0 Å². The van der Waals surface area contributed by atoms with Gasteiger partial charge in [0, 0.05) is 42.6 Å². The molecule has 0 amide bonds. The van der Waals surface area contributed by atoms with Gasteiger partial charge in [0.05, 0.1) is 11.9 Å². The number of hydrogen-bond donors (Lipinski definition) is 0. The first-order chi connectivity index (χ1) is 8.13. The van der Waals surface area contributed by atoms with E-state index in [2.05, 4.69) is 38.0 Å². The van der Waals surface area contributed by atoms with Gasteiger partial charge >= 0.3 is 0 Å². The summed E-state index contributed by atoms with van der Waals surface area (Å²) in [5, 5.41) is 4.16. The summed E-state index contributed by atoms with van der Waals surface area (Å²) >= 11 is 3.38. The van der Waals surface area contributed by atoms with Gasteiger partial charge in [-0.3, -0.25) is 14.6 Å². The lowest BCUT2D eigenvalue weighted by atomic mass is 10.3. The fraction of sp³-hybridized carbons (Fsp3) is 0.333. The molecule has 0 radical (unpaired) electrons. The van der Waals surface area contributed by atoms with Crippen LogP contribution in [0.4, 0.5) is 0 Å². The highest BCUT2D eigenvalue weighted by atomic mass is 79.9. The lowest BCUT2D eigenvalue weighted by molar-refractivity contribution is 0.315. The van der Waals surface area contributed by atoms with Crippen LogP contribution in [-0.4, -0.2) is 26.7 Å². The Kier molecular flexibility index (Phi) is 3.91. The van der Waals surface area contributed by atoms with Crippen molar-refractivity contribution in [2.75, 3.05) is 7.05 Å². The molecule has 4 nitrogen and oxygen atoms in total. The molecule has 0 saturated heterocycles. The first-order valence-electron chi connectivity index (χ1n) is 5.40. The monoisotopic (exact) mass is 294 g/mol. The Hall–Kier alpha value is -1.20. The van der Waals surface area contributed by atoms with Gasteiger partial charge in [0.15, 0.2) is 0 Å². The second-order valence-corrected chi connectivity index (χ2v) is 5.08. The number of halogens is 1. The quantitative estimate of drug-likeness (QED) is 0.867. The fourth-order valence-electron chi connectivity index (χ4n) is 1.70. The summed E-state index contributed by atoms with van der Waals surface area (Å²) in [6, 6.07) is 4.05. The number of aryl methyl sites for hydroxylation is 1. The molecule has 0 N–H and O–H groups in total. The third-order valence-corrected chi connectivity index (χ3v) is 2.90. The van der Waals surface area contributed by atoms with Crippen LogP contribution in [0, 0.1) is 0 Å². The van der Waals surface area contributed by atoms with Crippen LogP contribution in [0.2, 0.25) is 0 Å². The van der Waals surface area contributed by atoms with Crippen molar-refractivity contribution >= 4 is 15.9 Å². The van der Waals surface area contributed by atoms with E-state index in [0.717, 1.165) is 23.3 Å². The van der Waals surface area contributed by atoms with Crippen LogP contribution in [0.15, 0.2) is 35.2 Å². The topological polar surface area (TPSA) is 34.0 Å².